The zero-order chi connectivity index (χ0) is 19.7. The van der Waals surface area contributed by atoms with E-state index >= 15 is 0 Å². The van der Waals surface area contributed by atoms with Crippen LogP contribution in [-0.4, -0.2) is 11.6 Å². The predicted octanol–water partition coefficient (Wildman–Crippen LogP) is 6.00. The fourth-order valence-electron chi connectivity index (χ4n) is 4.47. The number of aryl methyl sites for hydroxylation is 2. The molecule has 0 amide bonds. The van der Waals surface area contributed by atoms with Crippen LogP contribution in [0.5, 0.6) is 0 Å². The molecule has 2 heteroatoms. The van der Waals surface area contributed by atoms with Gasteiger partial charge in [0, 0.05) is 22.3 Å². The van der Waals surface area contributed by atoms with Crippen molar-refractivity contribution in [1.29, 1.82) is 0 Å². The minimum Gasteiger partial charge on any atom is -0.289 e. The molecule has 0 bridgehead atoms. The van der Waals surface area contributed by atoms with Gasteiger partial charge in [0.1, 0.15) is 0 Å². The summed E-state index contributed by atoms with van der Waals surface area (Å²) in [5.41, 5.74) is 6.88. The van der Waals surface area contributed by atoms with E-state index in [4.69, 9.17) is 0 Å². The molecule has 136 valence electrons. The van der Waals surface area contributed by atoms with Crippen molar-refractivity contribution < 1.29 is 9.59 Å². The molecular weight excluding hydrogens is 344 g/mol. The van der Waals surface area contributed by atoms with Crippen LogP contribution in [0.2, 0.25) is 0 Å². The lowest BCUT2D eigenvalue weighted by Gasteiger charge is -2.21. The van der Waals surface area contributed by atoms with E-state index in [1.165, 1.54) is 22.3 Å². The van der Waals surface area contributed by atoms with E-state index in [0.29, 0.717) is 22.3 Å². The Kier molecular flexibility index (Phi) is 3.39. The lowest BCUT2D eigenvalue weighted by Crippen LogP contribution is -2.21. The quantitative estimate of drug-likeness (QED) is 0.338. The molecular formula is C26H20O2. The van der Waals surface area contributed by atoms with E-state index in [9.17, 15) is 9.59 Å². The van der Waals surface area contributed by atoms with Gasteiger partial charge in [-0.2, -0.15) is 0 Å². The van der Waals surface area contributed by atoms with Crippen LogP contribution >= 0.6 is 0 Å². The zero-order valence-electron chi connectivity index (χ0n) is 16.4. The van der Waals surface area contributed by atoms with Crippen LogP contribution in [0.15, 0.2) is 48.5 Å². The van der Waals surface area contributed by atoms with Crippen molar-refractivity contribution >= 4 is 33.1 Å². The number of hydrogen-bond acceptors (Lipinski definition) is 2. The molecule has 0 radical (unpaired) electrons. The van der Waals surface area contributed by atoms with E-state index in [1.807, 2.05) is 48.5 Å². The molecule has 0 aliphatic heterocycles. The molecule has 5 rings (SSSR count). The highest BCUT2D eigenvalue weighted by Gasteiger charge is 2.31. The number of carbonyl (C=O) groups is 2. The van der Waals surface area contributed by atoms with Gasteiger partial charge in [-0.25, -0.2) is 0 Å². The minimum atomic E-state index is -0.0625. The summed E-state index contributed by atoms with van der Waals surface area (Å²) in [6, 6.07) is 15.4. The smallest absolute Gasteiger partial charge is 0.194 e. The van der Waals surface area contributed by atoms with Gasteiger partial charge in [0.05, 0.1) is 0 Å². The average Bonchev–Trinajstić information content (AvgIpc) is 2.72. The first-order valence-electron chi connectivity index (χ1n) is 9.54. The van der Waals surface area contributed by atoms with Crippen molar-refractivity contribution in [3.63, 3.8) is 0 Å². The predicted molar refractivity (Wildman–Crippen MR) is 114 cm³/mol. The maximum absolute atomic E-state index is 13.3. The summed E-state index contributed by atoms with van der Waals surface area (Å²) in [7, 11) is 0. The highest BCUT2D eigenvalue weighted by Crippen LogP contribution is 2.36. The van der Waals surface area contributed by atoms with Crippen LogP contribution in [0, 0.1) is 27.7 Å². The Morgan fingerprint density at radius 3 is 1.25 bits per heavy atom. The first kappa shape index (κ1) is 16.9. The highest BCUT2D eigenvalue weighted by molar-refractivity contribution is 6.30. The molecule has 1 aliphatic rings. The van der Waals surface area contributed by atoms with Crippen LogP contribution in [0.25, 0.3) is 21.5 Å². The fraction of sp³-hybridized carbons (Fsp3) is 0.154. The van der Waals surface area contributed by atoms with E-state index in [-0.39, 0.29) is 11.6 Å². The number of fused-ring (bicyclic) bond motifs is 4. The van der Waals surface area contributed by atoms with Gasteiger partial charge in [0.2, 0.25) is 0 Å². The van der Waals surface area contributed by atoms with Gasteiger partial charge in [0.15, 0.2) is 11.6 Å². The molecule has 4 aromatic carbocycles. The maximum atomic E-state index is 13.3. The highest BCUT2D eigenvalue weighted by atomic mass is 16.1. The molecule has 0 unspecified atom stereocenters. The van der Waals surface area contributed by atoms with E-state index in [0.717, 1.165) is 21.5 Å². The molecule has 0 heterocycles. The Morgan fingerprint density at radius 1 is 0.500 bits per heavy atom. The third-order valence-electron chi connectivity index (χ3n) is 6.52. The van der Waals surface area contributed by atoms with Gasteiger partial charge >= 0.3 is 0 Å². The van der Waals surface area contributed by atoms with Crippen LogP contribution < -0.4 is 0 Å². The SMILES string of the molecule is Cc1c(C)c(C)c2cc3c(cc2c1C)C(=O)c1cc2ccccc2cc1C3=O. The van der Waals surface area contributed by atoms with Crippen LogP contribution in [0.4, 0.5) is 0 Å². The summed E-state index contributed by atoms with van der Waals surface area (Å²) in [5.74, 6) is -0.125. The Balaban J connectivity index is 1.86. The van der Waals surface area contributed by atoms with E-state index < -0.39 is 0 Å². The lowest BCUT2D eigenvalue weighted by molar-refractivity contribution is 0.0979. The molecule has 0 saturated heterocycles. The molecule has 0 N–H and O–H groups in total. The second kappa shape index (κ2) is 5.62. The standard InChI is InChI=1S/C26H20O2/c1-13-14(2)16(4)20-12-24-23(11-19(20)15(13)3)25(27)21-9-17-7-5-6-8-18(17)10-22(21)26(24)28/h5-12H,1-4H3. The molecule has 0 fully saturated rings. The summed E-state index contributed by atoms with van der Waals surface area (Å²) < 4.78 is 0. The third kappa shape index (κ3) is 2.09. The number of ketones is 2. The number of carbonyl (C=O) groups excluding carboxylic acids is 2. The van der Waals surface area contributed by atoms with Gasteiger partial charge < -0.3 is 0 Å². The zero-order valence-corrected chi connectivity index (χ0v) is 16.4. The Hall–Kier alpha value is -3.26. The Labute approximate surface area is 163 Å². The second-order valence-corrected chi connectivity index (χ2v) is 7.85. The fourth-order valence-corrected chi connectivity index (χ4v) is 4.47. The average molecular weight is 364 g/mol. The molecule has 4 aromatic rings. The van der Waals surface area contributed by atoms with Crippen molar-refractivity contribution in [3.8, 4) is 0 Å². The maximum Gasteiger partial charge on any atom is 0.194 e. The lowest BCUT2D eigenvalue weighted by atomic mass is 9.80. The summed E-state index contributed by atoms with van der Waals surface area (Å²) in [6.45, 7) is 8.41. The Bertz CT molecular complexity index is 1270. The number of rotatable bonds is 0. The van der Waals surface area contributed by atoms with Crippen molar-refractivity contribution in [2.24, 2.45) is 0 Å². The first-order chi connectivity index (χ1) is 13.4. The van der Waals surface area contributed by atoms with Gasteiger partial charge in [-0.05, 0) is 95.8 Å². The molecule has 0 aromatic heterocycles. The van der Waals surface area contributed by atoms with Gasteiger partial charge in [0.25, 0.3) is 0 Å². The summed E-state index contributed by atoms with van der Waals surface area (Å²) >= 11 is 0. The van der Waals surface area contributed by atoms with Crippen LogP contribution in [0.1, 0.15) is 54.1 Å². The van der Waals surface area contributed by atoms with Crippen molar-refractivity contribution in [3.05, 3.63) is 93.0 Å². The van der Waals surface area contributed by atoms with E-state index in [2.05, 4.69) is 27.7 Å². The molecule has 1 aliphatic carbocycles. The third-order valence-corrected chi connectivity index (χ3v) is 6.52. The van der Waals surface area contributed by atoms with E-state index in [1.54, 1.807) is 0 Å². The van der Waals surface area contributed by atoms with Gasteiger partial charge in [-0.3, -0.25) is 9.59 Å². The molecule has 0 spiro atoms. The number of hydrogen-bond donors (Lipinski definition) is 0. The van der Waals surface area contributed by atoms with Crippen molar-refractivity contribution in [2.45, 2.75) is 27.7 Å². The summed E-state index contributed by atoms with van der Waals surface area (Å²) in [5, 5.41) is 4.07. The first-order valence-corrected chi connectivity index (χ1v) is 9.54. The van der Waals surface area contributed by atoms with Crippen LogP contribution in [0.3, 0.4) is 0 Å². The van der Waals surface area contributed by atoms with Gasteiger partial charge in [-0.15, -0.1) is 0 Å². The normalized spacial score (nSPS) is 13.1. The molecule has 0 atom stereocenters. The monoisotopic (exact) mass is 364 g/mol. The number of benzene rings is 4. The second-order valence-electron chi connectivity index (χ2n) is 7.85. The van der Waals surface area contributed by atoms with Gasteiger partial charge in [-0.1, -0.05) is 24.3 Å². The largest absolute Gasteiger partial charge is 0.289 e. The van der Waals surface area contributed by atoms with Crippen LogP contribution in [-0.2, 0) is 0 Å². The molecule has 2 nitrogen and oxygen atoms in total. The topological polar surface area (TPSA) is 34.1 Å². The Morgan fingerprint density at radius 2 is 0.857 bits per heavy atom. The molecule has 28 heavy (non-hydrogen) atoms. The van der Waals surface area contributed by atoms with Crippen molar-refractivity contribution in [2.75, 3.05) is 0 Å². The van der Waals surface area contributed by atoms with Crippen molar-refractivity contribution in [1.82, 2.24) is 0 Å². The summed E-state index contributed by atoms with van der Waals surface area (Å²) in [6.07, 6.45) is 0. The minimum absolute atomic E-state index is 0.0625. The summed E-state index contributed by atoms with van der Waals surface area (Å²) in [4.78, 5) is 26.7. The molecule has 0 saturated carbocycles.